The smallest absolute Gasteiger partial charge is 0.416 e. The monoisotopic (exact) mass is 240 g/mol. The number of amides is 1. The number of carbonyl (C=O) groups is 1. The second kappa shape index (κ2) is 4.52. The quantitative estimate of drug-likeness (QED) is 0.786. The number of hydrogen-bond donors (Lipinski definition) is 1. The van der Waals surface area contributed by atoms with Gasteiger partial charge in [-0.25, -0.2) is 14.5 Å². The molecule has 0 aliphatic heterocycles. The molecular formula is C10H16N4O3. The molecule has 94 valence electrons. The highest BCUT2D eigenvalue weighted by atomic mass is 16.6. The Morgan fingerprint density at radius 1 is 1.35 bits per heavy atom. The minimum atomic E-state index is -0.610. The minimum absolute atomic E-state index is 0.0144. The molecule has 0 bridgehead atoms. The zero-order valence-electron chi connectivity index (χ0n) is 10.6. The van der Waals surface area contributed by atoms with Crippen LogP contribution in [0.5, 0.6) is 0 Å². The Morgan fingerprint density at radius 3 is 2.41 bits per heavy atom. The SMILES string of the molecule is Cc1nc(N(C)C(=O)OC(C)(C)C)nc(=O)[nH]1. The number of carbonyl (C=O) groups excluding carboxylic acids is 1. The van der Waals surface area contributed by atoms with E-state index >= 15 is 0 Å². The largest absolute Gasteiger partial charge is 0.443 e. The van der Waals surface area contributed by atoms with Gasteiger partial charge in [0.15, 0.2) is 0 Å². The van der Waals surface area contributed by atoms with Crippen LogP contribution < -0.4 is 10.6 Å². The van der Waals surface area contributed by atoms with Gasteiger partial charge < -0.3 is 4.74 Å². The number of H-pyrrole nitrogens is 1. The summed E-state index contributed by atoms with van der Waals surface area (Å²) in [6, 6.07) is 0. The van der Waals surface area contributed by atoms with E-state index in [-0.39, 0.29) is 5.95 Å². The van der Waals surface area contributed by atoms with Crippen LogP contribution in [0.25, 0.3) is 0 Å². The third kappa shape index (κ3) is 3.86. The van der Waals surface area contributed by atoms with Crippen molar-refractivity contribution in [3.63, 3.8) is 0 Å². The van der Waals surface area contributed by atoms with E-state index in [9.17, 15) is 9.59 Å². The molecular weight excluding hydrogens is 224 g/mol. The number of aromatic nitrogens is 3. The summed E-state index contributed by atoms with van der Waals surface area (Å²) in [5.74, 6) is 0.399. The molecule has 0 aliphatic carbocycles. The number of nitrogens with zero attached hydrogens (tertiary/aromatic N) is 3. The summed E-state index contributed by atoms with van der Waals surface area (Å²) < 4.78 is 5.13. The predicted octanol–water partition coefficient (Wildman–Crippen LogP) is 0.845. The van der Waals surface area contributed by atoms with Gasteiger partial charge in [-0.3, -0.25) is 4.98 Å². The van der Waals surface area contributed by atoms with Crippen LogP contribution in [-0.4, -0.2) is 33.7 Å². The lowest BCUT2D eigenvalue weighted by molar-refractivity contribution is 0.0587. The van der Waals surface area contributed by atoms with Crippen LogP contribution in [0.3, 0.4) is 0 Å². The fraction of sp³-hybridized carbons (Fsp3) is 0.600. The van der Waals surface area contributed by atoms with E-state index in [0.717, 1.165) is 4.90 Å². The van der Waals surface area contributed by atoms with Gasteiger partial charge in [-0.15, -0.1) is 0 Å². The Bertz CT molecular complexity index is 475. The van der Waals surface area contributed by atoms with Crippen LogP contribution in [-0.2, 0) is 4.74 Å². The summed E-state index contributed by atoms with van der Waals surface area (Å²) in [4.78, 5) is 33.8. The van der Waals surface area contributed by atoms with Gasteiger partial charge in [0.2, 0.25) is 5.95 Å². The molecule has 17 heavy (non-hydrogen) atoms. The van der Waals surface area contributed by atoms with Crippen molar-refractivity contribution >= 4 is 12.0 Å². The average Bonchev–Trinajstić information content (AvgIpc) is 2.12. The Morgan fingerprint density at radius 2 is 1.94 bits per heavy atom. The van der Waals surface area contributed by atoms with E-state index < -0.39 is 17.4 Å². The first-order valence-corrected chi connectivity index (χ1v) is 5.11. The summed E-state index contributed by atoms with van der Waals surface area (Å²) in [5, 5.41) is 0. The van der Waals surface area contributed by atoms with Crippen molar-refractivity contribution in [1.82, 2.24) is 15.0 Å². The molecule has 0 aliphatic rings. The van der Waals surface area contributed by atoms with Gasteiger partial charge in [-0.05, 0) is 27.7 Å². The minimum Gasteiger partial charge on any atom is -0.443 e. The average molecular weight is 240 g/mol. The van der Waals surface area contributed by atoms with Gasteiger partial charge in [0.1, 0.15) is 11.4 Å². The molecule has 0 saturated carbocycles. The first-order valence-electron chi connectivity index (χ1n) is 5.11. The van der Waals surface area contributed by atoms with Crippen molar-refractivity contribution in [2.45, 2.75) is 33.3 Å². The molecule has 0 radical (unpaired) electrons. The molecule has 1 aromatic heterocycles. The Labute approximate surface area is 98.8 Å². The standard InChI is InChI=1S/C10H16N4O3/c1-6-11-7(13-8(15)12-6)14(5)9(16)17-10(2,3)4/h1-5H3,(H,11,12,13,15). The third-order valence-electron chi connectivity index (χ3n) is 1.72. The highest BCUT2D eigenvalue weighted by molar-refractivity contribution is 5.84. The zero-order valence-corrected chi connectivity index (χ0v) is 10.6. The van der Waals surface area contributed by atoms with Crippen molar-refractivity contribution in [3.8, 4) is 0 Å². The molecule has 7 heteroatoms. The maximum atomic E-state index is 11.7. The maximum absolute atomic E-state index is 11.7. The molecule has 1 heterocycles. The van der Waals surface area contributed by atoms with E-state index in [1.165, 1.54) is 7.05 Å². The molecule has 1 amide bonds. The fourth-order valence-electron chi connectivity index (χ4n) is 1.04. The number of anilines is 1. The number of hydrogen-bond acceptors (Lipinski definition) is 5. The second-order valence-corrected chi connectivity index (χ2v) is 4.58. The topological polar surface area (TPSA) is 88.2 Å². The summed E-state index contributed by atoms with van der Waals surface area (Å²) >= 11 is 0. The van der Waals surface area contributed by atoms with Crippen molar-refractivity contribution in [2.24, 2.45) is 0 Å². The van der Waals surface area contributed by atoms with E-state index in [4.69, 9.17) is 4.74 Å². The summed E-state index contributed by atoms with van der Waals surface area (Å²) in [5.41, 5.74) is -1.16. The normalized spacial score (nSPS) is 11.1. The molecule has 7 nitrogen and oxygen atoms in total. The molecule has 0 spiro atoms. The number of nitrogens with one attached hydrogen (secondary N) is 1. The van der Waals surface area contributed by atoms with E-state index in [1.54, 1.807) is 27.7 Å². The molecule has 0 aromatic carbocycles. The van der Waals surface area contributed by atoms with Crippen molar-refractivity contribution < 1.29 is 9.53 Å². The van der Waals surface area contributed by atoms with E-state index in [0.29, 0.717) is 5.82 Å². The van der Waals surface area contributed by atoms with Crippen LogP contribution in [0, 0.1) is 6.92 Å². The van der Waals surface area contributed by atoms with Crippen LogP contribution >= 0.6 is 0 Å². The lowest BCUT2D eigenvalue weighted by Gasteiger charge is -2.23. The summed E-state index contributed by atoms with van der Waals surface area (Å²) in [6.07, 6.45) is -0.609. The Balaban J connectivity index is 2.93. The van der Waals surface area contributed by atoms with Gasteiger partial charge in [0, 0.05) is 7.05 Å². The Kier molecular flexibility index (Phi) is 3.50. The molecule has 1 N–H and O–H groups in total. The first-order chi connectivity index (χ1) is 7.69. The van der Waals surface area contributed by atoms with E-state index in [2.05, 4.69) is 15.0 Å². The van der Waals surface area contributed by atoms with Crippen molar-refractivity contribution in [3.05, 3.63) is 16.3 Å². The fourth-order valence-corrected chi connectivity index (χ4v) is 1.04. The number of aryl methyl sites for hydroxylation is 1. The zero-order chi connectivity index (χ0) is 13.2. The van der Waals surface area contributed by atoms with Gasteiger partial charge in [0.25, 0.3) is 0 Å². The van der Waals surface area contributed by atoms with Gasteiger partial charge >= 0.3 is 11.8 Å². The highest BCUT2D eigenvalue weighted by Gasteiger charge is 2.22. The summed E-state index contributed by atoms with van der Waals surface area (Å²) in [7, 11) is 1.45. The van der Waals surface area contributed by atoms with Crippen molar-refractivity contribution in [2.75, 3.05) is 11.9 Å². The Hall–Kier alpha value is -1.92. The number of aromatic amines is 1. The maximum Gasteiger partial charge on any atom is 0.416 e. The van der Waals surface area contributed by atoms with Crippen molar-refractivity contribution in [1.29, 1.82) is 0 Å². The van der Waals surface area contributed by atoms with E-state index in [1.807, 2.05) is 0 Å². The predicted molar refractivity (Wildman–Crippen MR) is 62.0 cm³/mol. The molecule has 1 rings (SSSR count). The van der Waals surface area contributed by atoms with Crippen LogP contribution in [0.4, 0.5) is 10.7 Å². The number of rotatable bonds is 1. The van der Waals surface area contributed by atoms with Gasteiger partial charge in [-0.2, -0.15) is 9.97 Å². The molecule has 0 saturated heterocycles. The molecule has 0 atom stereocenters. The van der Waals surface area contributed by atoms with Gasteiger partial charge in [-0.1, -0.05) is 0 Å². The lowest BCUT2D eigenvalue weighted by atomic mass is 10.2. The molecule has 0 unspecified atom stereocenters. The highest BCUT2D eigenvalue weighted by Crippen LogP contribution is 2.11. The number of ether oxygens (including phenoxy) is 1. The van der Waals surface area contributed by atoms with Crippen LogP contribution in [0.15, 0.2) is 4.79 Å². The molecule has 0 fully saturated rings. The molecule has 1 aromatic rings. The third-order valence-corrected chi connectivity index (χ3v) is 1.72. The van der Waals surface area contributed by atoms with Gasteiger partial charge in [0.05, 0.1) is 0 Å². The second-order valence-electron chi connectivity index (χ2n) is 4.58. The van der Waals surface area contributed by atoms with Crippen LogP contribution in [0.1, 0.15) is 26.6 Å². The summed E-state index contributed by atoms with van der Waals surface area (Å²) in [6.45, 7) is 6.86. The first kappa shape index (κ1) is 13.1. The van der Waals surface area contributed by atoms with Crippen LogP contribution in [0.2, 0.25) is 0 Å². The lowest BCUT2D eigenvalue weighted by Crippen LogP contribution is -2.36.